The average molecular weight is 376 g/mol. The maximum Gasteiger partial charge on any atom is 0.307 e. The summed E-state index contributed by atoms with van der Waals surface area (Å²) in [7, 11) is 0. The fraction of sp³-hybridized carbons (Fsp3) is 0.619. The Hall–Kier alpha value is -1.92. The van der Waals surface area contributed by atoms with Crippen molar-refractivity contribution < 1.29 is 19.1 Å². The first-order chi connectivity index (χ1) is 13.2. The molecule has 0 radical (unpaired) electrons. The Kier molecular flexibility index (Phi) is 9.87. The standard InChI is InChI=1S/C21H32N2O4/c1-2-27-21(25)11-14-23(13-6-12-22-15-17-26-18-16-22)20(24)10-9-19-7-4-3-5-8-19/h3-5,7-8H,2,6,9-18H2,1H3. The van der Waals surface area contributed by atoms with Crippen LogP contribution in [0.15, 0.2) is 30.3 Å². The van der Waals surface area contributed by atoms with Gasteiger partial charge in [0.1, 0.15) is 0 Å². The molecule has 1 heterocycles. The summed E-state index contributed by atoms with van der Waals surface area (Å²) >= 11 is 0. The van der Waals surface area contributed by atoms with Crippen molar-refractivity contribution in [1.82, 2.24) is 9.80 Å². The third-order valence-corrected chi connectivity index (χ3v) is 4.72. The highest BCUT2D eigenvalue weighted by Crippen LogP contribution is 2.07. The summed E-state index contributed by atoms with van der Waals surface area (Å²) in [5.41, 5.74) is 1.16. The van der Waals surface area contributed by atoms with Crippen LogP contribution in [-0.2, 0) is 25.5 Å². The number of hydrogen-bond donors (Lipinski definition) is 0. The number of carbonyl (C=O) groups is 2. The molecule has 1 aromatic rings. The van der Waals surface area contributed by atoms with E-state index in [0.717, 1.165) is 51.3 Å². The predicted molar refractivity (Wildman–Crippen MR) is 104 cm³/mol. The van der Waals surface area contributed by atoms with Crippen LogP contribution in [0.5, 0.6) is 0 Å². The summed E-state index contributed by atoms with van der Waals surface area (Å²) in [6, 6.07) is 10.0. The maximum absolute atomic E-state index is 12.7. The normalized spacial score (nSPS) is 14.7. The maximum atomic E-state index is 12.7. The second kappa shape index (κ2) is 12.5. The highest BCUT2D eigenvalue weighted by molar-refractivity contribution is 5.77. The van der Waals surface area contributed by atoms with E-state index in [4.69, 9.17) is 9.47 Å². The minimum absolute atomic E-state index is 0.102. The van der Waals surface area contributed by atoms with E-state index in [9.17, 15) is 9.59 Å². The van der Waals surface area contributed by atoms with E-state index in [0.29, 0.717) is 26.1 Å². The molecule has 1 aliphatic rings. The fourth-order valence-electron chi connectivity index (χ4n) is 3.18. The number of rotatable bonds is 11. The van der Waals surface area contributed by atoms with Crippen molar-refractivity contribution >= 4 is 11.9 Å². The van der Waals surface area contributed by atoms with E-state index in [-0.39, 0.29) is 18.3 Å². The lowest BCUT2D eigenvalue weighted by molar-refractivity contribution is -0.144. The molecule has 150 valence electrons. The Morgan fingerprint density at radius 1 is 1.11 bits per heavy atom. The van der Waals surface area contributed by atoms with Crippen LogP contribution in [0.25, 0.3) is 0 Å². The van der Waals surface area contributed by atoms with E-state index >= 15 is 0 Å². The van der Waals surface area contributed by atoms with Crippen LogP contribution in [-0.4, -0.2) is 74.2 Å². The first kappa shape index (κ1) is 21.4. The van der Waals surface area contributed by atoms with Crippen LogP contribution in [0.1, 0.15) is 31.7 Å². The van der Waals surface area contributed by atoms with Gasteiger partial charge in [0.05, 0.1) is 26.2 Å². The Bertz CT molecular complexity index is 559. The quantitative estimate of drug-likeness (QED) is 0.554. The third kappa shape index (κ3) is 8.54. The minimum Gasteiger partial charge on any atom is -0.466 e. The Morgan fingerprint density at radius 3 is 2.56 bits per heavy atom. The van der Waals surface area contributed by atoms with Gasteiger partial charge in [-0.3, -0.25) is 14.5 Å². The Labute approximate surface area is 162 Å². The van der Waals surface area contributed by atoms with Gasteiger partial charge >= 0.3 is 5.97 Å². The minimum atomic E-state index is -0.244. The summed E-state index contributed by atoms with van der Waals surface area (Å²) in [5, 5.41) is 0. The molecule has 0 aromatic heterocycles. The molecule has 0 unspecified atom stereocenters. The largest absolute Gasteiger partial charge is 0.466 e. The lowest BCUT2D eigenvalue weighted by atomic mass is 10.1. The van der Waals surface area contributed by atoms with Gasteiger partial charge in [0, 0.05) is 39.1 Å². The molecule has 0 spiro atoms. The number of benzene rings is 1. The molecule has 6 nitrogen and oxygen atoms in total. The van der Waals surface area contributed by atoms with Gasteiger partial charge in [-0.1, -0.05) is 30.3 Å². The number of carbonyl (C=O) groups excluding carboxylic acids is 2. The molecule has 0 atom stereocenters. The predicted octanol–water partition coefficient (Wildman–Crippen LogP) is 2.12. The van der Waals surface area contributed by atoms with E-state index in [1.54, 1.807) is 6.92 Å². The zero-order valence-corrected chi connectivity index (χ0v) is 16.4. The Balaban J connectivity index is 1.80. The zero-order chi connectivity index (χ0) is 19.3. The lowest BCUT2D eigenvalue weighted by Crippen LogP contribution is -2.39. The Morgan fingerprint density at radius 2 is 1.85 bits per heavy atom. The molecule has 6 heteroatoms. The van der Waals surface area contributed by atoms with E-state index in [1.165, 1.54) is 0 Å². The van der Waals surface area contributed by atoms with Gasteiger partial charge < -0.3 is 14.4 Å². The van der Waals surface area contributed by atoms with E-state index in [2.05, 4.69) is 4.90 Å². The van der Waals surface area contributed by atoms with Gasteiger partial charge in [0.15, 0.2) is 0 Å². The number of ether oxygens (including phenoxy) is 2. The topological polar surface area (TPSA) is 59.1 Å². The van der Waals surface area contributed by atoms with Gasteiger partial charge in [0.25, 0.3) is 0 Å². The summed E-state index contributed by atoms with van der Waals surface area (Å²) < 4.78 is 10.4. The molecule has 0 N–H and O–H groups in total. The monoisotopic (exact) mass is 376 g/mol. The second-order valence-electron chi connectivity index (χ2n) is 6.73. The van der Waals surface area contributed by atoms with Crippen LogP contribution in [0, 0.1) is 0 Å². The van der Waals surface area contributed by atoms with E-state index < -0.39 is 0 Å². The van der Waals surface area contributed by atoms with Crippen molar-refractivity contribution in [2.24, 2.45) is 0 Å². The zero-order valence-electron chi connectivity index (χ0n) is 16.4. The number of aryl methyl sites for hydroxylation is 1. The van der Waals surface area contributed by atoms with Gasteiger partial charge in [0.2, 0.25) is 5.91 Å². The number of amides is 1. The molecule has 1 aromatic carbocycles. The summed E-state index contributed by atoms with van der Waals surface area (Å²) in [4.78, 5) is 28.6. The van der Waals surface area contributed by atoms with Crippen LogP contribution in [0.4, 0.5) is 0 Å². The average Bonchev–Trinajstić information content (AvgIpc) is 2.70. The number of nitrogens with zero attached hydrogens (tertiary/aromatic N) is 2. The van der Waals surface area contributed by atoms with E-state index in [1.807, 2.05) is 35.2 Å². The highest BCUT2D eigenvalue weighted by atomic mass is 16.5. The lowest BCUT2D eigenvalue weighted by Gasteiger charge is -2.28. The molecule has 1 aliphatic heterocycles. The van der Waals surface area contributed by atoms with Crippen molar-refractivity contribution in [1.29, 1.82) is 0 Å². The molecule has 27 heavy (non-hydrogen) atoms. The molecular formula is C21H32N2O4. The molecule has 2 rings (SSSR count). The number of morpholine rings is 1. The van der Waals surface area contributed by atoms with Crippen molar-refractivity contribution in [3.05, 3.63) is 35.9 Å². The van der Waals surface area contributed by atoms with Crippen LogP contribution >= 0.6 is 0 Å². The molecule has 1 fully saturated rings. The molecule has 0 aliphatic carbocycles. The van der Waals surface area contributed by atoms with Crippen LogP contribution in [0.2, 0.25) is 0 Å². The summed E-state index contributed by atoms with van der Waals surface area (Å²) in [6.07, 6.45) is 2.34. The molecule has 1 saturated heterocycles. The van der Waals surface area contributed by atoms with Gasteiger partial charge in [-0.2, -0.15) is 0 Å². The third-order valence-electron chi connectivity index (χ3n) is 4.72. The number of hydrogen-bond acceptors (Lipinski definition) is 5. The first-order valence-electron chi connectivity index (χ1n) is 9.96. The van der Waals surface area contributed by atoms with Gasteiger partial charge in [-0.25, -0.2) is 0 Å². The summed E-state index contributed by atoms with van der Waals surface area (Å²) in [5.74, 6) is -0.142. The second-order valence-corrected chi connectivity index (χ2v) is 6.73. The van der Waals surface area contributed by atoms with Gasteiger partial charge in [-0.15, -0.1) is 0 Å². The van der Waals surface area contributed by atoms with Crippen molar-refractivity contribution in [3.63, 3.8) is 0 Å². The van der Waals surface area contributed by atoms with Gasteiger partial charge in [-0.05, 0) is 25.3 Å². The molecule has 1 amide bonds. The molecule has 0 saturated carbocycles. The summed E-state index contributed by atoms with van der Waals surface area (Å²) in [6.45, 7) is 7.67. The molecular weight excluding hydrogens is 344 g/mol. The highest BCUT2D eigenvalue weighted by Gasteiger charge is 2.17. The first-order valence-corrected chi connectivity index (χ1v) is 9.96. The fourth-order valence-corrected chi connectivity index (χ4v) is 3.18. The number of esters is 1. The van der Waals surface area contributed by atoms with Crippen LogP contribution < -0.4 is 0 Å². The molecule has 0 bridgehead atoms. The SMILES string of the molecule is CCOC(=O)CCN(CCCN1CCOCC1)C(=O)CCc1ccccc1. The smallest absolute Gasteiger partial charge is 0.307 e. The van der Waals surface area contributed by atoms with Crippen molar-refractivity contribution in [2.75, 3.05) is 52.5 Å². The van der Waals surface area contributed by atoms with Crippen molar-refractivity contribution in [3.8, 4) is 0 Å². The van der Waals surface area contributed by atoms with Crippen LogP contribution in [0.3, 0.4) is 0 Å². The van der Waals surface area contributed by atoms with Crippen molar-refractivity contribution in [2.45, 2.75) is 32.6 Å².